The van der Waals surface area contributed by atoms with Gasteiger partial charge in [-0.2, -0.15) is 0 Å². The first-order valence-corrected chi connectivity index (χ1v) is 10.6. The summed E-state index contributed by atoms with van der Waals surface area (Å²) in [4.78, 5) is 35.4. The molecule has 0 unspecified atom stereocenters. The van der Waals surface area contributed by atoms with E-state index in [1.165, 1.54) is 22.6 Å². The molecule has 30 heavy (non-hydrogen) atoms. The molecule has 1 aromatic carbocycles. The lowest BCUT2D eigenvalue weighted by Gasteiger charge is -2.27. The van der Waals surface area contributed by atoms with Gasteiger partial charge in [-0.05, 0) is 42.0 Å². The Kier molecular flexibility index (Phi) is 5.71. The molecule has 1 aliphatic rings. The number of hydrogen-bond acceptors (Lipinski definition) is 7. The first-order chi connectivity index (χ1) is 14.5. The van der Waals surface area contributed by atoms with E-state index in [4.69, 9.17) is 0 Å². The molecule has 0 fully saturated rings. The van der Waals surface area contributed by atoms with Crippen LogP contribution >= 0.6 is 11.3 Å². The average Bonchev–Trinajstić information content (AvgIpc) is 3.25. The predicted molar refractivity (Wildman–Crippen MR) is 115 cm³/mol. The molecule has 9 heteroatoms. The van der Waals surface area contributed by atoms with Crippen LogP contribution in [0, 0.1) is 10.1 Å². The van der Waals surface area contributed by atoms with Crippen LogP contribution in [0.4, 0.5) is 11.5 Å². The number of anilines is 1. The number of non-ortho nitro benzene ring substituents is 1. The van der Waals surface area contributed by atoms with E-state index in [9.17, 15) is 14.9 Å². The molecule has 1 amide bonds. The van der Waals surface area contributed by atoms with Crippen LogP contribution in [0.5, 0.6) is 0 Å². The first kappa shape index (κ1) is 20.0. The van der Waals surface area contributed by atoms with Crippen LogP contribution < -0.4 is 5.32 Å². The maximum absolute atomic E-state index is 12.7. The summed E-state index contributed by atoms with van der Waals surface area (Å²) in [7, 11) is 0. The fraction of sp³-hybridized carbons (Fsp3) is 0.286. The molecule has 154 valence electrons. The molecule has 1 aliphatic heterocycles. The van der Waals surface area contributed by atoms with Crippen molar-refractivity contribution < 1.29 is 9.72 Å². The molecular weight excluding hydrogens is 402 g/mol. The van der Waals surface area contributed by atoms with Gasteiger partial charge in [0.2, 0.25) is 5.91 Å². The minimum absolute atomic E-state index is 0.0182. The molecule has 8 nitrogen and oxygen atoms in total. The third kappa shape index (κ3) is 4.30. The zero-order chi connectivity index (χ0) is 21.1. The fourth-order valence-corrected chi connectivity index (χ4v) is 4.26. The highest BCUT2D eigenvalue weighted by Gasteiger charge is 2.21. The van der Waals surface area contributed by atoms with Gasteiger partial charge in [0, 0.05) is 47.4 Å². The standard InChI is InChI=1S/C21H21N5O3S/c1-2-16-11-19(24-21(23-16)14-3-5-17(6-4-14)26(28)29)22-12-20(27)25-9-7-18-15(13-25)8-10-30-18/h3-6,8,10-11H,2,7,9,12-13H2,1H3,(H,22,23,24). The zero-order valence-corrected chi connectivity index (χ0v) is 17.3. The summed E-state index contributed by atoms with van der Waals surface area (Å²) in [6.45, 7) is 3.52. The second kappa shape index (κ2) is 8.58. The number of hydrogen-bond donors (Lipinski definition) is 1. The Bertz CT molecular complexity index is 1080. The van der Waals surface area contributed by atoms with Crippen molar-refractivity contribution in [2.45, 2.75) is 26.3 Å². The maximum Gasteiger partial charge on any atom is 0.269 e. The highest BCUT2D eigenvalue weighted by atomic mass is 32.1. The van der Waals surface area contributed by atoms with E-state index in [2.05, 4.69) is 26.7 Å². The van der Waals surface area contributed by atoms with Crippen molar-refractivity contribution in [1.82, 2.24) is 14.9 Å². The van der Waals surface area contributed by atoms with E-state index in [1.54, 1.807) is 23.5 Å². The molecule has 1 N–H and O–H groups in total. The highest BCUT2D eigenvalue weighted by molar-refractivity contribution is 7.10. The minimum atomic E-state index is -0.439. The Hall–Kier alpha value is -3.33. The van der Waals surface area contributed by atoms with Gasteiger partial charge in [-0.25, -0.2) is 9.97 Å². The number of nitrogens with one attached hydrogen (secondary N) is 1. The number of thiophene rings is 1. The largest absolute Gasteiger partial charge is 0.361 e. The fourth-order valence-electron chi connectivity index (χ4n) is 3.37. The van der Waals surface area contributed by atoms with Gasteiger partial charge in [-0.15, -0.1) is 11.3 Å². The summed E-state index contributed by atoms with van der Waals surface area (Å²) in [5.74, 6) is 1.07. The molecule has 2 aromatic heterocycles. The van der Waals surface area contributed by atoms with Crippen molar-refractivity contribution in [3.05, 3.63) is 68.0 Å². The molecule has 0 spiro atoms. The number of nitro benzene ring substituents is 1. The predicted octanol–water partition coefficient (Wildman–Crippen LogP) is 3.67. The van der Waals surface area contributed by atoms with E-state index in [1.807, 2.05) is 17.9 Å². The second-order valence-electron chi connectivity index (χ2n) is 7.01. The maximum atomic E-state index is 12.7. The number of aryl methyl sites for hydroxylation is 1. The van der Waals surface area contributed by atoms with Crippen molar-refractivity contribution >= 4 is 28.7 Å². The molecular formula is C21H21N5O3S. The monoisotopic (exact) mass is 423 g/mol. The highest BCUT2D eigenvalue weighted by Crippen LogP contribution is 2.24. The lowest BCUT2D eigenvalue weighted by Crippen LogP contribution is -2.38. The summed E-state index contributed by atoms with van der Waals surface area (Å²) < 4.78 is 0. The van der Waals surface area contributed by atoms with E-state index in [0.29, 0.717) is 30.2 Å². The van der Waals surface area contributed by atoms with Crippen LogP contribution in [-0.4, -0.2) is 38.8 Å². The summed E-state index contributed by atoms with van der Waals surface area (Å²) in [5.41, 5.74) is 2.76. The Morgan fingerprint density at radius 2 is 2.07 bits per heavy atom. The van der Waals surface area contributed by atoms with E-state index >= 15 is 0 Å². The third-order valence-corrected chi connectivity index (χ3v) is 6.08. The molecule has 0 aliphatic carbocycles. The average molecular weight is 423 g/mol. The quantitative estimate of drug-likeness (QED) is 0.479. The van der Waals surface area contributed by atoms with Gasteiger partial charge in [0.1, 0.15) is 5.82 Å². The van der Waals surface area contributed by atoms with Crippen LogP contribution in [0.25, 0.3) is 11.4 Å². The number of rotatable bonds is 6. The Morgan fingerprint density at radius 3 is 2.80 bits per heavy atom. The summed E-state index contributed by atoms with van der Waals surface area (Å²) in [6.07, 6.45) is 1.61. The van der Waals surface area contributed by atoms with Gasteiger partial charge >= 0.3 is 0 Å². The number of nitro groups is 1. The number of fused-ring (bicyclic) bond motifs is 1. The van der Waals surface area contributed by atoms with Gasteiger partial charge in [-0.1, -0.05) is 6.92 Å². The molecule has 0 saturated carbocycles. The molecule has 0 radical (unpaired) electrons. The van der Waals surface area contributed by atoms with Crippen molar-refractivity contribution in [2.75, 3.05) is 18.4 Å². The lowest BCUT2D eigenvalue weighted by molar-refractivity contribution is -0.384. The van der Waals surface area contributed by atoms with Crippen LogP contribution in [0.15, 0.2) is 41.8 Å². The number of carbonyl (C=O) groups is 1. The van der Waals surface area contributed by atoms with Gasteiger partial charge in [0.15, 0.2) is 5.82 Å². The van der Waals surface area contributed by atoms with Crippen LogP contribution in [-0.2, 0) is 24.2 Å². The van der Waals surface area contributed by atoms with Crippen molar-refractivity contribution in [3.63, 3.8) is 0 Å². The zero-order valence-electron chi connectivity index (χ0n) is 16.5. The number of benzene rings is 1. The molecule has 4 rings (SSSR count). The molecule has 3 heterocycles. The Morgan fingerprint density at radius 1 is 1.27 bits per heavy atom. The van der Waals surface area contributed by atoms with Crippen LogP contribution in [0.3, 0.4) is 0 Å². The number of aromatic nitrogens is 2. The topological polar surface area (TPSA) is 101 Å². The molecule has 0 saturated heterocycles. The summed E-state index contributed by atoms with van der Waals surface area (Å²) >= 11 is 1.75. The van der Waals surface area contributed by atoms with Gasteiger partial charge in [-0.3, -0.25) is 14.9 Å². The smallest absolute Gasteiger partial charge is 0.269 e. The van der Waals surface area contributed by atoms with E-state index < -0.39 is 4.92 Å². The third-order valence-electron chi connectivity index (χ3n) is 5.06. The van der Waals surface area contributed by atoms with E-state index in [0.717, 1.165) is 18.7 Å². The van der Waals surface area contributed by atoms with Gasteiger partial charge < -0.3 is 10.2 Å². The molecule has 0 bridgehead atoms. The number of nitrogens with zero attached hydrogens (tertiary/aromatic N) is 4. The molecule has 3 aromatic rings. The van der Waals surface area contributed by atoms with Crippen LogP contribution in [0.1, 0.15) is 23.1 Å². The lowest BCUT2D eigenvalue weighted by atomic mass is 10.1. The first-order valence-electron chi connectivity index (χ1n) is 9.73. The second-order valence-corrected chi connectivity index (χ2v) is 8.01. The summed E-state index contributed by atoms with van der Waals surface area (Å²) in [6, 6.07) is 10.0. The van der Waals surface area contributed by atoms with Crippen molar-refractivity contribution in [1.29, 1.82) is 0 Å². The van der Waals surface area contributed by atoms with Crippen LogP contribution in [0.2, 0.25) is 0 Å². The SMILES string of the molecule is CCc1cc(NCC(=O)N2CCc3sccc3C2)nc(-c2ccc([N+](=O)[O-])cc2)n1. The summed E-state index contributed by atoms with van der Waals surface area (Å²) in [5, 5.41) is 16.1. The molecule has 0 atom stereocenters. The van der Waals surface area contributed by atoms with Crippen molar-refractivity contribution in [2.24, 2.45) is 0 Å². The van der Waals surface area contributed by atoms with Crippen molar-refractivity contribution in [3.8, 4) is 11.4 Å². The van der Waals surface area contributed by atoms with E-state index in [-0.39, 0.29) is 18.1 Å². The number of carbonyl (C=O) groups excluding carboxylic acids is 1. The minimum Gasteiger partial charge on any atom is -0.361 e. The Balaban J connectivity index is 1.47. The Labute approximate surface area is 177 Å². The normalized spacial score (nSPS) is 13.0. The van der Waals surface area contributed by atoms with Gasteiger partial charge in [0.05, 0.1) is 11.5 Å². The van der Waals surface area contributed by atoms with Gasteiger partial charge in [0.25, 0.3) is 5.69 Å². The number of amides is 1.